The highest BCUT2D eigenvalue weighted by Crippen LogP contribution is 2.29. The first-order valence-corrected chi connectivity index (χ1v) is 9.73. The van der Waals surface area contributed by atoms with E-state index in [4.69, 9.17) is 21.0 Å². The Hall–Kier alpha value is -2.51. The zero-order valence-electron chi connectivity index (χ0n) is 15.0. The van der Waals surface area contributed by atoms with E-state index in [0.717, 1.165) is 28.3 Å². The maximum atomic E-state index is 12.5. The smallest absolute Gasteiger partial charge is 0.272 e. The number of hydrogen-bond donors (Lipinski definition) is 1. The Bertz CT molecular complexity index is 1170. The molecule has 4 rings (SSSR count). The molecule has 0 aliphatic carbocycles. The maximum absolute atomic E-state index is 12.5. The first kappa shape index (κ1) is 17.9. The van der Waals surface area contributed by atoms with Crippen LogP contribution in [0, 0.1) is 20.8 Å². The number of benzene rings is 1. The van der Waals surface area contributed by atoms with E-state index < -0.39 is 0 Å². The molecule has 0 saturated heterocycles. The molecule has 0 atom stereocenters. The molecule has 8 heteroatoms. The first-order chi connectivity index (χ1) is 12.9. The summed E-state index contributed by atoms with van der Waals surface area (Å²) in [6.07, 6.45) is 0. The third-order valence-corrected chi connectivity index (χ3v) is 5.45. The van der Waals surface area contributed by atoms with Crippen LogP contribution >= 0.6 is 23.4 Å². The topological polar surface area (TPSA) is 76.2 Å². The Morgan fingerprint density at radius 2 is 1.93 bits per heavy atom. The van der Waals surface area contributed by atoms with Crippen LogP contribution in [0.5, 0.6) is 0 Å². The molecule has 0 bridgehead atoms. The van der Waals surface area contributed by atoms with E-state index in [1.165, 1.54) is 22.3 Å². The summed E-state index contributed by atoms with van der Waals surface area (Å²) in [5, 5.41) is 4.33. The van der Waals surface area contributed by atoms with E-state index in [-0.39, 0.29) is 5.56 Å². The number of halogens is 1. The molecule has 0 unspecified atom stereocenters. The quantitative estimate of drug-likeness (QED) is 0.508. The number of thioether (sulfide) groups is 1. The molecule has 3 aromatic heterocycles. The van der Waals surface area contributed by atoms with Gasteiger partial charge in [0, 0.05) is 28.1 Å². The monoisotopic (exact) mass is 400 g/mol. The van der Waals surface area contributed by atoms with Crippen LogP contribution < -0.4 is 5.56 Å². The summed E-state index contributed by atoms with van der Waals surface area (Å²) in [7, 11) is 0. The van der Waals surface area contributed by atoms with Crippen LogP contribution in [0.2, 0.25) is 5.02 Å². The summed E-state index contributed by atoms with van der Waals surface area (Å²) < 4.78 is 7.05. The van der Waals surface area contributed by atoms with Crippen molar-refractivity contribution in [1.29, 1.82) is 0 Å². The molecule has 1 N–H and O–H groups in total. The summed E-state index contributed by atoms with van der Waals surface area (Å²) in [5.41, 5.74) is 4.69. The van der Waals surface area contributed by atoms with Crippen LogP contribution in [-0.4, -0.2) is 19.6 Å². The Kier molecular flexibility index (Phi) is 4.57. The van der Waals surface area contributed by atoms with Gasteiger partial charge in [0.05, 0.1) is 11.4 Å². The van der Waals surface area contributed by atoms with E-state index in [1.54, 1.807) is 0 Å². The highest BCUT2D eigenvalue weighted by molar-refractivity contribution is 7.98. The molecular formula is C19H17ClN4O2S. The van der Waals surface area contributed by atoms with Crippen molar-refractivity contribution in [2.45, 2.75) is 31.7 Å². The minimum absolute atomic E-state index is 0.154. The normalized spacial score (nSPS) is 11.4. The van der Waals surface area contributed by atoms with Crippen LogP contribution in [0.25, 0.3) is 16.8 Å². The van der Waals surface area contributed by atoms with Gasteiger partial charge in [0.2, 0.25) is 0 Å². The van der Waals surface area contributed by atoms with Crippen LogP contribution in [-0.2, 0) is 5.75 Å². The Balaban J connectivity index is 1.74. The van der Waals surface area contributed by atoms with E-state index in [1.807, 2.05) is 45.0 Å². The average Bonchev–Trinajstić information content (AvgIpc) is 3.13. The molecule has 0 radical (unpaired) electrons. The van der Waals surface area contributed by atoms with Crippen molar-refractivity contribution in [2.24, 2.45) is 0 Å². The average molecular weight is 401 g/mol. The van der Waals surface area contributed by atoms with Crippen molar-refractivity contribution < 1.29 is 4.42 Å². The van der Waals surface area contributed by atoms with Gasteiger partial charge in [-0.3, -0.25) is 9.89 Å². The lowest BCUT2D eigenvalue weighted by atomic mass is 10.1. The fraction of sp³-hybridized carbons (Fsp3) is 0.211. The molecule has 27 heavy (non-hydrogen) atoms. The number of fused-ring (bicyclic) bond motifs is 1. The van der Waals surface area contributed by atoms with Gasteiger partial charge in [0.25, 0.3) is 10.8 Å². The van der Waals surface area contributed by atoms with Crippen molar-refractivity contribution in [3.63, 3.8) is 0 Å². The molecule has 138 valence electrons. The minimum atomic E-state index is -0.154. The van der Waals surface area contributed by atoms with Crippen LogP contribution in [0.4, 0.5) is 0 Å². The minimum Gasteiger partial charge on any atom is -0.437 e. The summed E-state index contributed by atoms with van der Waals surface area (Å²) in [6, 6.07) is 9.02. The first-order valence-electron chi connectivity index (χ1n) is 8.36. The standard InChI is InChI=1S/C19H17ClN4O2S/c1-10-12(3)26-19(21-10)27-9-15-8-16(25)24-18(22-15)17(11(2)23-24)13-4-6-14(20)7-5-13/h4-8,23H,9H2,1-3H3. The van der Waals surface area contributed by atoms with Gasteiger partial charge in [-0.2, -0.15) is 0 Å². The number of nitrogens with zero attached hydrogens (tertiary/aromatic N) is 3. The molecule has 0 aliphatic rings. The number of aromatic nitrogens is 4. The van der Waals surface area contributed by atoms with Gasteiger partial charge in [0.15, 0.2) is 5.65 Å². The molecule has 0 aliphatic heterocycles. The molecular weight excluding hydrogens is 384 g/mol. The number of nitrogens with one attached hydrogen (secondary N) is 1. The largest absolute Gasteiger partial charge is 0.437 e. The van der Waals surface area contributed by atoms with Crippen molar-refractivity contribution in [3.05, 3.63) is 68.6 Å². The van der Waals surface area contributed by atoms with Gasteiger partial charge in [-0.1, -0.05) is 35.5 Å². The van der Waals surface area contributed by atoms with Crippen molar-refractivity contribution >= 4 is 29.0 Å². The second-order valence-electron chi connectivity index (χ2n) is 6.27. The zero-order valence-corrected chi connectivity index (χ0v) is 16.6. The fourth-order valence-electron chi connectivity index (χ4n) is 2.87. The summed E-state index contributed by atoms with van der Waals surface area (Å²) in [6.45, 7) is 5.70. The van der Waals surface area contributed by atoms with E-state index in [9.17, 15) is 4.79 Å². The van der Waals surface area contributed by atoms with E-state index >= 15 is 0 Å². The predicted molar refractivity (Wildman–Crippen MR) is 107 cm³/mol. The highest BCUT2D eigenvalue weighted by atomic mass is 35.5. The van der Waals surface area contributed by atoms with Crippen molar-refractivity contribution in [2.75, 3.05) is 0 Å². The highest BCUT2D eigenvalue weighted by Gasteiger charge is 2.15. The SMILES string of the molecule is Cc1nc(SCc2cc(=O)n3[nH]c(C)c(-c4ccc(Cl)cc4)c3n2)oc1C. The van der Waals surface area contributed by atoms with Gasteiger partial charge in [0.1, 0.15) is 5.76 Å². The van der Waals surface area contributed by atoms with Gasteiger partial charge in [-0.15, -0.1) is 0 Å². The lowest BCUT2D eigenvalue weighted by molar-refractivity contribution is 0.431. The summed E-state index contributed by atoms with van der Waals surface area (Å²) in [5.74, 6) is 1.29. The molecule has 3 heterocycles. The molecule has 6 nitrogen and oxygen atoms in total. The Labute approximate surface area is 164 Å². The summed E-state index contributed by atoms with van der Waals surface area (Å²) in [4.78, 5) is 21.6. The predicted octanol–water partition coefficient (Wildman–Crippen LogP) is 4.55. The molecule has 1 aromatic carbocycles. The van der Waals surface area contributed by atoms with Crippen molar-refractivity contribution in [3.8, 4) is 11.1 Å². The molecule has 4 aromatic rings. The van der Waals surface area contributed by atoms with E-state index in [2.05, 4.69) is 10.1 Å². The summed E-state index contributed by atoms with van der Waals surface area (Å²) >= 11 is 7.42. The number of rotatable bonds is 4. The Morgan fingerprint density at radius 1 is 1.19 bits per heavy atom. The maximum Gasteiger partial charge on any atom is 0.272 e. The van der Waals surface area contributed by atoms with Gasteiger partial charge in [-0.25, -0.2) is 14.5 Å². The number of oxazole rings is 1. The number of H-pyrrole nitrogens is 1. The van der Waals surface area contributed by atoms with E-state index in [0.29, 0.717) is 27.3 Å². The zero-order chi connectivity index (χ0) is 19.1. The molecule has 0 fully saturated rings. The number of aryl methyl sites for hydroxylation is 3. The van der Waals surface area contributed by atoms with Gasteiger partial charge in [-0.05, 0) is 38.5 Å². The van der Waals surface area contributed by atoms with Crippen LogP contribution in [0.15, 0.2) is 44.8 Å². The van der Waals surface area contributed by atoms with Gasteiger partial charge >= 0.3 is 0 Å². The Morgan fingerprint density at radius 3 is 2.59 bits per heavy atom. The molecule has 0 spiro atoms. The number of aromatic amines is 1. The van der Waals surface area contributed by atoms with Crippen LogP contribution in [0.3, 0.4) is 0 Å². The lowest BCUT2D eigenvalue weighted by Gasteiger charge is -2.03. The lowest BCUT2D eigenvalue weighted by Crippen LogP contribution is -2.15. The van der Waals surface area contributed by atoms with Crippen LogP contribution in [0.1, 0.15) is 22.8 Å². The third-order valence-electron chi connectivity index (χ3n) is 4.34. The molecule has 0 amide bonds. The van der Waals surface area contributed by atoms with Crippen molar-refractivity contribution in [1.82, 2.24) is 19.6 Å². The van der Waals surface area contributed by atoms with Gasteiger partial charge < -0.3 is 4.42 Å². The molecule has 0 saturated carbocycles. The second kappa shape index (κ2) is 6.90. The second-order valence-corrected chi connectivity index (χ2v) is 7.64. The fourth-order valence-corrected chi connectivity index (χ4v) is 3.80. The third kappa shape index (κ3) is 3.40. The number of hydrogen-bond acceptors (Lipinski definition) is 5.